The molecule has 0 amide bonds. The zero-order valence-electron chi connectivity index (χ0n) is 19.0. The molecule has 9 nitrogen and oxygen atoms in total. The van der Waals surface area contributed by atoms with Crippen molar-refractivity contribution in [3.05, 3.63) is 42.0 Å². The van der Waals surface area contributed by atoms with E-state index in [9.17, 15) is 0 Å². The summed E-state index contributed by atoms with van der Waals surface area (Å²) in [5.41, 5.74) is 5.21. The van der Waals surface area contributed by atoms with E-state index in [1.54, 1.807) is 0 Å². The van der Waals surface area contributed by atoms with Gasteiger partial charge in [0.2, 0.25) is 0 Å². The van der Waals surface area contributed by atoms with Crippen LogP contribution in [0.3, 0.4) is 0 Å². The van der Waals surface area contributed by atoms with E-state index in [2.05, 4.69) is 79.4 Å². The lowest BCUT2D eigenvalue weighted by atomic mass is 10.1. The maximum Gasteiger partial charge on any atom is 0.157 e. The van der Waals surface area contributed by atoms with Gasteiger partial charge in [-0.25, -0.2) is 19.9 Å². The van der Waals surface area contributed by atoms with Gasteiger partial charge in [0, 0.05) is 14.1 Å². The monoisotopic (exact) mass is 417 g/mol. The minimum Gasteiger partial charge on any atom is -0.337 e. The Morgan fingerprint density at radius 3 is 1.48 bits per heavy atom. The van der Waals surface area contributed by atoms with Gasteiger partial charge >= 0.3 is 0 Å². The number of pyridine rings is 1. The van der Waals surface area contributed by atoms with Crippen molar-refractivity contribution < 1.29 is 0 Å². The molecule has 2 aliphatic rings. The van der Waals surface area contributed by atoms with Crippen LogP contribution < -0.4 is 19.6 Å². The number of aromatic nitrogens is 5. The second kappa shape index (κ2) is 6.76. The smallest absolute Gasteiger partial charge is 0.157 e. The molecule has 0 radical (unpaired) electrons. The number of rotatable bonds is 2. The number of hydrogen-bond donors (Lipinski definition) is 0. The molecule has 0 aromatic carbocycles. The fraction of sp³-hybridized carbons (Fsp3) is 0.409. The predicted octanol–water partition coefficient (Wildman–Crippen LogP) is 3.45. The third-order valence-electron chi connectivity index (χ3n) is 6.48. The molecule has 0 aliphatic carbocycles. The van der Waals surface area contributed by atoms with Gasteiger partial charge in [0.25, 0.3) is 0 Å². The van der Waals surface area contributed by atoms with Gasteiger partial charge in [-0.3, -0.25) is 4.98 Å². The highest BCUT2D eigenvalue weighted by atomic mass is 15.5. The molecule has 3 aromatic heterocycles. The maximum absolute atomic E-state index is 4.67. The van der Waals surface area contributed by atoms with Crippen LogP contribution in [0.4, 0.5) is 34.4 Å². The number of hydrogen-bond acceptors (Lipinski definition) is 9. The molecular formula is C22H27N9. The molecule has 2 aliphatic heterocycles. The van der Waals surface area contributed by atoms with Crippen molar-refractivity contribution in [1.82, 2.24) is 24.9 Å². The molecule has 2 atom stereocenters. The molecule has 31 heavy (non-hydrogen) atoms. The fourth-order valence-corrected chi connectivity index (χ4v) is 4.52. The van der Waals surface area contributed by atoms with Crippen molar-refractivity contribution in [2.75, 3.05) is 33.7 Å². The van der Waals surface area contributed by atoms with Crippen molar-refractivity contribution in [2.24, 2.45) is 0 Å². The summed E-state index contributed by atoms with van der Waals surface area (Å²) >= 11 is 0. The van der Waals surface area contributed by atoms with Crippen molar-refractivity contribution in [3.8, 4) is 0 Å². The van der Waals surface area contributed by atoms with E-state index >= 15 is 0 Å². The molecule has 9 heteroatoms. The molecule has 3 aromatic rings. The van der Waals surface area contributed by atoms with Crippen molar-refractivity contribution in [1.29, 1.82) is 0 Å². The van der Waals surface area contributed by atoms with E-state index in [0.717, 1.165) is 51.6 Å². The average Bonchev–Trinajstić information content (AvgIpc) is 3.13. The molecule has 0 saturated carbocycles. The Morgan fingerprint density at radius 2 is 1.06 bits per heavy atom. The van der Waals surface area contributed by atoms with Crippen molar-refractivity contribution in [3.63, 3.8) is 0 Å². The van der Waals surface area contributed by atoms with Crippen LogP contribution >= 0.6 is 0 Å². The van der Waals surface area contributed by atoms with Gasteiger partial charge in [-0.2, -0.15) is 0 Å². The van der Waals surface area contributed by atoms with Crippen LogP contribution in [0, 0.1) is 20.8 Å². The van der Waals surface area contributed by atoms with Crippen LogP contribution in [-0.4, -0.2) is 51.3 Å². The van der Waals surface area contributed by atoms with Gasteiger partial charge in [0.15, 0.2) is 11.6 Å². The molecule has 0 N–H and O–H groups in total. The lowest BCUT2D eigenvalue weighted by molar-refractivity contribution is 0.718. The van der Waals surface area contributed by atoms with E-state index < -0.39 is 0 Å². The number of fused-ring (bicyclic) bond motifs is 2. The molecule has 0 saturated heterocycles. The minimum absolute atomic E-state index is 0.0961. The molecular weight excluding hydrogens is 390 g/mol. The van der Waals surface area contributed by atoms with Gasteiger partial charge in [-0.15, -0.1) is 0 Å². The van der Waals surface area contributed by atoms with Crippen LogP contribution in [0.2, 0.25) is 0 Å². The summed E-state index contributed by atoms with van der Waals surface area (Å²) < 4.78 is 0. The van der Waals surface area contributed by atoms with E-state index in [0.29, 0.717) is 0 Å². The zero-order valence-corrected chi connectivity index (χ0v) is 19.0. The number of anilines is 6. The van der Waals surface area contributed by atoms with Crippen LogP contribution in [0.25, 0.3) is 0 Å². The summed E-state index contributed by atoms with van der Waals surface area (Å²) in [6.07, 6.45) is 7.85. The standard InChI is InChI=1S/C22H27N9/c1-12-17(30-15(4)28(6)21-19(30)10-24-13(2)26-21)8-23-9-18(12)31-16(5)29(7)22-20(31)11-25-14(3)27-22/h8-11,15-16H,1-7H3/t15-,16+. The Balaban J connectivity index is 1.64. The summed E-state index contributed by atoms with van der Waals surface area (Å²) in [5.74, 6) is 3.41. The Kier molecular flexibility index (Phi) is 4.25. The number of aryl methyl sites for hydroxylation is 2. The quantitative estimate of drug-likeness (QED) is 0.623. The first-order valence-corrected chi connectivity index (χ1v) is 10.5. The third kappa shape index (κ3) is 2.72. The average molecular weight is 418 g/mol. The first-order valence-electron chi connectivity index (χ1n) is 10.5. The van der Waals surface area contributed by atoms with Crippen LogP contribution in [0.15, 0.2) is 24.8 Å². The van der Waals surface area contributed by atoms with Crippen LogP contribution in [0.1, 0.15) is 31.1 Å². The zero-order chi connectivity index (χ0) is 22.0. The molecule has 0 bridgehead atoms. The Bertz CT molecular complexity index is 1090. The predicted molar refractivity (Wildman–Crippen MR) is 123 cm³/mol. The largest absolute Gasteiger partial charge is 0.337 e. The molecule has 0 unspecified atom stereocenters. The van der Waals surface area contributed by atoms with E-state index in [-0.39, 0.29) is 12.3 Å². The third-order valence-corrected chi connectivity index (χ3v) is 6.48. The van der Waals surface area contributed by atoms with Crippen LogP contribution in [-0.2, 0) is 0 Å². The van der Waals surface area contributed by atoms with Crippen molar-refractivity contribution in [2.45, 2.75) is 47.0 Å². The van der Waals surface area contributed by atoms with Gasteiger partial charge < -0.3 is 19.6 Å². The number of nitrogens with zero attached hydrogens (tertiary/aromatic N) is 9. The second-order valence-corrected chi connectivity index (χ2v) is 8.28. The molecule has 5 rings (SSSR count). The Labute approximate surface area is 182 Å². The summed E-state index contributed by atoms with van der Waals surface area (Å²) in [7, 11) is 4.13. The summed E-state index contributed by atoms with van der Waals surface area (Å²) in [6, 6.07) is 0. The summed E-state index contributed by atoms with van der Waals surface area (Å²) in [5, 5.41) is 0. The van der Waals surface area contributed by atoms with Crippen LogP contribution in [0.5, 0.6) is 0 Å². The highest BCUT2D eigenvalue weighted by molar-refractivity contribution is 5.86. The highest BCUT2D eigenvalue weighted by Crippen LogP contribution is 2.47. The fourth-order valence-electron chi connectivity index (χ4n) is 4.52. The lowest BCUT2D eigenvalue weighted by Crippen LogP contribution is -2.37. The topological polar surface area (TPSA) is 77.4 Å². The summed E-state index contributed by atoms with van der Waals surface area (Å²) in [6.45, 7) is 10.3. The normalized spacial score (nSPS) is 19.8. The van der Waals surface area contributed by atoms with E-state index in [1.165, 1.54) is 0 Å². The van der Waals surface area contributed by atoms with Gasteiger partial charge in [0.1, 0.15) is 35.4 Å². The Hall–Kier alpha value is -3.49. The SMILES string of the molecule is Cc1ncc2c(n1)N(C)[C@@H](C)N2c1cncc(N2c3cnc(C)nc3N(C)[C@@H]2C)c1C. The van der Waals surface area contributed by atoms with Gasteiger partial charge in [-0.05, 0) is 40.2 Å². The highest BCUT2D eigenvalue weighted by Gasteiger charge is 2.37. The van der Waals surface area contributed by atoms with E-state index in [4.69, 9.17) is 0 Å². The van der Waals surface area contributed by atoms with Crippen molar-refractivity contribution >= 4 is 34.4 Å². The molecule has 5 heterocycles. The summed E-state index contributed by atoms with van der Waals surface area (Å²) in [4.78, 5) is 31.7. The minimum atomic E-state index is 0.0961. The van der Waals surface area contributed by atoms with Gasteiger partial charge in [0.05, 0.1) is 36.2 Å². The first-order chi connectivity index (χ1) is 14.8. The van der Waals surface area contributed by atoms with Gasteiger partial charge in [-0.1, -0.05) is 0 Å². The second-order valence-electron chi connectivity index (χ2n) is 8.28. The lowest BCUT2D eigenvalue weighted by Gasteiger charge is -2.32. The Morgan fingerprint density at radius 1 is 0.645 bits per heavy atom. The van der Waals surface area contributed by atoms with E-state index in [1.807, 2.05) is 38.6 Å². The molecule has 160 valence electrons. The molecule has 0 spiro atoms. The molecule has 0 fully saturated rings. The maximum atomic E-state index is 4.67. The first kappa shape index (κ1) is 19.5.